The van der Waals surface area contributed by atoms with Crippen molar-refractivity contribution in [3.63, 3.8) is 0 Å². The molecule has 0 aliphatic carbocycles. The summed E-state index contributed by atoms with van der Waals surface area (Å²) < 4.78 is 6.42. The van der Waals surface area contributed by atoms with Crippen molar-refractivity contribution >= 4 is 45.5 Å². The van der Waals surface area contributed by atoms with Crippen molar-refractivity contribution in [1.29, 1.82) is 0 Å². The lowest BCUT2D eigenvalue weighted by Crippen LogP contribution is -2.59. The highest BCUT2D eigenvalue weighted by molar-refractivity contribution is 9.11. The third kappa shape index (κ3) is 7.06. The highest BCUT2D eigenvalue weighted by atomic mass is 79.9. The van der Waals surface area contributed by atoms with Crippen LogP contribution in [0.1, 0.15) is 43.9 Å². The van der Waals surface area contributed by atoms with Crippen LogP contribution in [0.5, 0.6) is 0 Å². The second-order valence-electron chi connectivity index (χ2n) is 8.47. The Morgan fingerprint density at radius 2 is 1.73 bits per heavy atom. The van der Waals surface area contributed by atoms with Crippen LogP contribution in [0.4, 0.5) is 0 Å². The number of aromatic nitrogens is 2. The summed E-state index contributed by atoms with van der Waals surface area (Å²) in [6.45, 7) is 0. The van der Waals surface area contributed by atoms with Crippen LogP contribution in [0.3, 0.4) is 0 Å². The van der Waals surface area contributed by atoms with Crippen LogP contribution < -0.4 is 22.7 Å². The van der Waals surface area contributed by atoms with E-state index in [0.717, 1.165) is 10.8 Å². The number of aromatic amines is 1. The number of halogens is 1. The maximum atomic E-state index is 13.1. The number of rotatable bonds is 13. The Kier molecular flexibility index (Phi) is 10.2. The normalized spacial score (nSPS) is 24.0. The molecule has 0 radical (unpaired) electrons. The number of hydrogen-bond donors (Lipinski definition) is 7. The molecule has 6 atom stereocenters. The molecule has 0 spiro atoms. The molecule has 0 aromatic carbocycles. The van der Waals surface area contributed by atoms with Gasteiger partial charge < -0.3 is 36.6 Å². The van der Waals surface area contributed by atoms with E-state index in [0.29, 0.717) is 0 Å². The molecule has 1 aromatic heterocycles. The Balaban J connectivity index is 2.48. The van der Waals surface area contributed by atoms with Gasteiger partial charge in [0.25, 0.3) is 5.56 Å². The van der Waals surface area contributed by atoms with Crippen LogP contribution in [-0.4, -0.2) is 83.4 Å². The summed E-state index contributed by atoms with van der Waals surface area (Å²) in [6, 6.07) is -3.05. The second kappa shape index (κ2) is 12.5. The topological polar surface area (TPSA) is 265 Å². The fourth-order valence-corrected chi connectivity index (χ4v) is 4.16. The Bertz CT molecular complexity index is 1200. The van der Waals surface area contributed by atoms with Crippen molar-refractivity contribution in [2.45, 2.75) is 68.2 Å². The van der Waals surface area contributed by atoms with Crippen molar-refractivity contribution in [2.24, 2.45) is 11.5 Å². The number of aliphatic hydroxyl groups excluding tert-OH is 1. The monoisotopic (exact) mass is 590 g/mol. The first-order chi connectivity index (χ1) is 17.2. The third-order valence-corrected chi connectivity index (χ3v) is 6.12. The van der Waals surface area contributed by atoms with Crippen LogP contribution in [-0.2, 0) is 23.9 Å². The van der Waals surface area contributed by atoms with Gasteiger partial charge >= 0.3 is 17.6 Å². The Labute approximate surface area is 216 Å². The van der Waals surface area contributed by atoms with Gasteiger partial charge in [0.15, 0.2) is 17.2 Å². The molecule has 1 saturated heterocycles. The maximum absolute atomic E-state index is 13.1. The van der Waals surface area contributed by atoms with Crippen LogP contribution in [0.15, 0.2) is 20.8 Å². The van der Waals surface area contributed by atoms with E-state index in [1.54, 1.807) is 0 Å². The molecular formula is C21H27BrN4O11. The number of ether oxygens (including phenoxy) is 1. The van der Waals surface area contributed by atoms with Crippen molar-refractivity contribution < 1.29 is 44.3 Å². The zero-order chi connectivity index (χ0) is 28.1. The van der Waals surface area contributed by atoms with Gasteiger partial charge in [0.05, 0.1) is 17.6 Å². The van der Waals surface area contributed by atoms with Crippen LogP contribution in [0.2, 0.25) is 0 Å². The molecule has 0 saturated carbocycles. The molecule has 15 nitrogen and oxygen atoms in total. The zero-order valence-corrected chi connectivity index (χ0v) is 20.9. The summed E-state index contributed by atoms with van der Waals surface area (Å²) in [6.07, 6.45) is -5.91. The van der Waals surface area contributed by atoms with E-state index >= 15 is 0 Å². The van der Waals surface area contributed by atoms with Gasteiger partial charge in [-0.3, -0.25) is 33.5 Å². The van der Waals surface area contributed by atoms with E-state index in [2.05, 4.69) is 15.9 Å². The molecule has 16 heteroatoms. The summed E-state index contributed by atoms with van der Waals surface area (Å²) in [7, 11) is 0. The molecule has 204 valence electrons. The SMILES string of the molecule is N[C@@H](CCC(=O)O)C(=O)C(O)[C@H]1O[C@@H](n2cc(/C=C/Br)c(=O)[nH]c2=O)C[C@@]1(O)C(=O)[C@@H](N)CCC(=O)O. The number of hydrogen-bond acceptors (Lipinski definition) is 11. The number of ketones is 2. The van der Waals surface area contributed by atoms with Gasteiger partial charge in [-0.05, 0) is 23.9 Å². The largest absolute Gasteiger partial charge is 0.481 e. The number of aliphatic hydroxyl groups is 2. The minimum absolute atomic E-state index is 0.0242. The second-order valence-corrected chi connectivity index (χ2v) is 9.00. The predicted octanol–water partition coefficient (Wildman–Crippen LogP) is -2.20. The van der Waals surface area contributed by atoms with E-state index in [4.69, 9.17) is 26.4 Å². The van der Waals surface area contributed by atoms with Gasteiger partial charge in [-0.2, -0.15) is 0 Å². The lowest BCUT2D eigenvalue weighted by molar-refractivity contribution is -0.162. The summed E-state index contributed by atoms with van der Waals surface area (Å²) in [5, 5.41) is 39.8. The zero-order valence-electron chi connectivity index (χ0n) is 19.3. The number of carbonyl (C=O) groups is 4. The fourth-order valence-electron chi connectivity index (χ4n) is 3.87. The summed E-state index contributed by atoms with van der Waals surface area (Å²) in [4.78, 5) is 75.4. The smallest absolute Gasteiger partial charge is 0.330 e. The van der Waals surface area contributed by atoms with Crippen LogP contribution in [0.25, 0.3) is 6.08 Å². The first-order valence-corrected chi connectivity index (χ1v) is 11.8. The molecule has 0 amide bonds. The number of carboxylic acids is 2. The van der Waals surface area contributed by atoms with E-state index in [1.807, 2.05) is 4.98 Å². The number of aliphatic carboxylic acids is 2. The number of nitrogens with zero attached hydrogens (tertiary/aromatic N) is 1. The standard InChI is InChI=1S/C21H27BrN4O11/c22-6-5-9-8-26(20(35)25-19(9)34)12-7-21(36,17(33)11(24)2-4-14(29)30)18(37-12)16(32)15(31)10(23)1-3-13(27)28/h5-6,8,10-12,16,18,32,36H,1-4,7,23-24H2,(H,27,28)(H,29,30)(H,25,34,35)/b6-5+/t10-,11-,12+,16?,18+,21+/m0/s1. The molecule has 1 aliphatic rings. The van der Waals surface area contributed by atoms with Gasteiger partial charge in [-0.25, -0.2) is 4.79 Å². The minimum atomic E-state index is -2.69. The van der Waals surface area contributed by atoms with Gasteiger partial charge in [-0.1, -0.05) is 15.9 Å². The quantitative estimate of drug-likeness (QED) is 0.129. The number of H-pyrrole nitrogens is 1. The van der Waals surface area contributed by atoms with Crippen LogP contribution >= 0.6 is 15.9 Å². The molecule has 1 aromatic rings. The van der Waals surface area contributed by atoms with Crippen molar-refractivity contribution in [3.8, 4) is 0 Å². The number of carbonyl (C=O) groups excluding carboxylic acids is 2. The lowest BCUT2D eigenvalue weighted by atomic mass is 9.81. The molecule has 1 fully saturated rings. The Morgan fingerprint density at radius 1 is 1.16 bits per heavy atom. The first kappa shape index (κ1) is 30.2. The van der Waals surface area contributed by atoms with Crippen molar-refractivity contribution in [1.82, 2.24) is 9.55 Å². The Morgan fingerprint density at radius 3 is 2.27 bits per heavy atom. The highest BCUT2D eigenvalue weighted by Gasteiger charge is 2.58. The molecule has 0 bridgehead atoms. The molecule has 9 N–H and O–H groups in total. The van der Waals surface area contributed by atoms with Gasteiger partial charge in [0.1, 0.15) is 18.4 Å². The van der Waals surface area contributed by atoms with Crippen molar-refractivity contribution in [2.75, 3.05) is 0 Å². The number of Topliss-reactive ketones (excluding diaryl/α,β-unsaturated/α-hetero) is 2. The molecular weight excluding hydrogens is 564 g/mol. The summed E-state index contributed by atoms with van der Waals surface area (Å²) in [5.41, 5.74) is 7.02. The maximum Gasteiger partial charge on any atom is 0.330 e. The summed E-state index contributed by atoms with van der Waals surface area (Å²) >= 11 is 2.99. The average molecular weight is 591 g/mol. The van der Waals surface area contributed by atoms with Gasteiger partial charge in [0, 0.05) is 25.5 Å². The number of nitrogens with two attached hydrogens (primary N) is 2. The van der Waals surface area contributed by atoms with E-state index in [9.17, 15) is 39.0 Å². The predicted molar refractivity (Wildman–Crippen MR) is 128 cm³/mol. The van der Waals surface area contributed by atoms with E-state index < -0.39 is 96.6 Å². The summed E-state index contributed by atoms with van der Waals surface area (Å²) in [5.74, 6) is -4.82. The third-order valence-electron chi connectivity index (χ3n) is 5.85. The molecule has 2 rings (SSSR count). The molecule has 2 heterocycles. The van der Waals surface area contributed by atoms with Crippen molar-refractivity contribution in [3.05, 3.63) is 37.6 Å². The molecule has 37 heavy (non-hydrogen) atoms. The van der Waals surface area contributed by atoms with Gasteiger partial charge in [0.2, 0.25) is 0 Å². The molecule has 1 aliphatic heterocycles. The van der Waals surface area contributed by atoms with Crippen LogP contribution in [0, 0.1) is 0 Å². The molecule has 1 unspecified atom stereocenters. The number of nitrogens with one attached hydrogen (secondary N) is 1. The lowest BCUT2D eigenvalue weighted by Gasteiger charge is -2.32. The number of carboxylic acid groups (broad SMARTS) is 2. The Hall–Kier alpha value is -3.02. The minimum Gasteiger partial charge on any atom is -0.481 e. The fraction of sp³-hybridized carbons (Fsp3) is 0.524. The van der Waals surface area contributed by atoms with E-state index in [-0.39, 0.29) is 12.0 Å². The van der Waals surface area contributed by atoms with Gasteiger partial charge in [-0.15, -0.1) is 0 Å². The highest BCUT2D eigenvalue weighted by Crippen LogP contribution is 2.40. The van der Waals surface area contributed by atoms with E-state index in [1.165, 1.54) is 11.1 Å². The average Bonchev–Trinajstić information content (AvgIpc) is 3.19. The first-order valence-electron chi connectivity index (χ1n) is 10.9.